The minimum Gasteiger partial charge on any atom is -0.507 e. The Balaban J connectivity index is 1.57. The molecule has 8 nitrogen and oxygen atoms in total. The predicted molar refractivity (Wildman–Crippen MR) is 161 cm³/mol. The molecule has 1 atom stereocenters. The number of carbonyl (C=O) groups is 3. The van der Waals surface area contributed by atoms with Gasteiger partial charge in [-0.2, -0.15) is 0 Å². The van der Waals surface area contributed by atoms with Gasteiger partial charge in [0.1, 0.15) is 23.0 Å². The fourth-order valence-corrected chi connectivity index (χ4v) is 5.91. The third kappa shape index (κ3) is 5.43. The first-order valence-electron chi connectivity index (χ1n) is 13.5. The molecule has 0 aliphatic carbocycles. The van der Waals surface area contributed by atoms with Crippen LogP contribution in [0.4, 0.5) is 5.13 Å². The van der Waals surface area contributed by atoms with E-state index in [9.17, 15) is 19.5 Å². The number of Topliss-reactive ketones (excluding diaryl/α,β-unsaturated/α-hetero) is 1. The number of amides is 1. The number of ketones is 1. The summed E-state index contributed by atoms with van der Waals surface area (Å²) in [4.78, 5) is 45.3. The molecule has 42 heavy (non-hydrogen) atoms. The van der Waals surface area contributed by atoms with Gasteiger partial charge < -0.3 is 14.6 Å². The van der Waals surface area contributed by atoms with Crippen molar-refractivity contribution in [3.8, 4) is 5.75 Å². The summed E-state index contributed by atoms with van der Waals surface area (Å²) in [7, 11) is 1.27. The van der Waals surface area contributed by atoms with Crippen LogP contribution in [0.3, 0.4) is 0 Å². The highest BCUT2D eigenvalue weighted by atomic mass is 32.1. The number of esters is 1. The second-order valence-corrected chi connectivity index (χ2v) is 10.9. The van der Waals surface area contributed by atoms with Crippen molar-refractivity contribution in [3.63, 3.8) is 0 Å². The molecule has 1 aliphatic heterocycles. The number of benzene rings is 3. The molecule has 1 saturated heterocycles. The van der Waals surface area contributed by atoms with E-state index in [1.807, 2.05) is 68.4 Å². The number of thiazole rings is 1. The van der Waals surface area contributed by atoms with E-state index in [0.717, 1.165) is 34.4 Å². The number of methoxy groups -OCH3 is 1. The van der Waals surface area contributed by atoms with Gasteiger partial charge in [0.15, 0.2) is 5.13 Å². The first-order valence-corrected chi connectivity index (χ1v) is 14.3. The SMILES string of the molecule is CCc1ccc(C2/C(=C(\O)c3ccc(OCc4ccccc4)c(C)c3)C(=O)C(=O)N2c2nc(C)c(C(=O)OC)s2)cc1. The lowest BCUT2D eigenvalue weighted by molar-refractivity contribution is -0.132. The molecular weight excluding hydrogens is 552 g/mol. The summed E-state index contributed by atoms with van der Waals surface area (Å²) < 4.78 is 10.8. The number of rotatable bonds is 8. The summed E-state index contributed by atoms with van der Waals surface area (Å²) in [6.07, 6.45) is 0.812. The Bertz CT molecular complexity index is 1690. The van der Waals surface area contributed by atoms with Gasteiger partial charge in [0, 0.05) is 5.56 Å². The highest BCUT2D eigenvalue weighted by Gasteiger charge is 2.48. The number of hydrogen-bond acceptors (Lipinski definition) is 8. The first kappa shape index (κ1) is 28.8. The third-order valence-electron chi connectivity index (χ3n) is 7.20. The zero-order chi connectivity index (χ0) is 30.0. The van der Waals surface area contributed by atoms with Crippen LogP contribution in [0.5, 0.6) is 5.75 Å². The van der Waals surface area contributed by atoms with Crippen LogP contribution >= 0.6 is 11.3 Å². The lowest BCUT2D eigenvalue weighted by atomic mass is 9.94. The van der Waals surface area contributed by atoms with Crippen LogP contribution in [0.2, 0.25) is 0 Å². The Morgan fingerprint density at radius 3 is 2.36 bits per heavy atom. The van der Waals surface area contributed by atoms with E-state index in [1.54, 1.807) is 25.1 Å². The minimum atomic E-state index is -0.957. The number of anilines is 1. The van der Waals surface area contributed by atoms with Gasteiger partial charge >= 0.3 is 11.9 Å². The second kappa shape index (κ2) is 12.0. The Labute approximate surface area is 247 Å². The zero-order valence-electron chi connectivity index (χ0n) is 23.7. The van der Waals surface area contributed by atoms with Gasteiger partial charge in [0.2, 0.25) is 0 Å². The lowest BCUT2D eigenvalue weighted by Crippen LogP contribution is -2.29. The molecule has 1 amide bonds. The van der Waals surface area contributed by atoms with Crippen molar-refractivity contribution in [3.05, 3.63) is 117 Å². The van der Waals surface area contributed by atoms with E-state index < -0.39 is 23.7 Å². The number of hydrogen-bond donors (Lipinski definition) is 1. The van der Waals surface area contributed by atoms with Crippen LogP contribution in [0, 0.1) is 13.8 Å². The maximum atomic E-state index is 13.6. The number of aryl methyl sites for hydroxylation is 3. The van der Waals surface area contributed by atoms with Crippen molar-refractivity contribution >= 4 is 39.9 Å². The number of ether oxygens (including phenoxy) is 2. The van der Waals surface area contributed by atoms with Crippen LogP contribution in [0.15, 0.2) is 78.4 Å². The molecule has 4 aromatic rings. The number of nitrogens with zero attached hydrogens (tertiary/aromatic N) is 2. The van der Waals surface area contributed by atoms with Gasteiger partial charge in [0.05, 0.1) is 24.4 Å². The van der Waals surface area contributed by atoms with Crippen molar-refractivity contribution in [2.24, 2.45) is 0 Å². The smallest absolute Gasteiger partial charge is 0.350 e. The summed E-state index contributed by atoms with van der Waals surface area (Å²) in [5.74, 6) is -1.94. The van der Waals surface area contributed by atoms with Gasteiger partial charge in [-0.1, -0.05) is 72.9 Å². The molecule has 214 valence electrons. The fraction of sp³-hybridized carbons (Fsp3) is 0.212. The van der Waals surface area contributed by atoms with Gasteiger partial charge in [0.25, 0.3) is 5.78 Å². The predicted octanol–water partition coefficient (Wildman–Crippen LogP) is 6.31. The number of aromatic nitrogens is 1. The van der Waals surface area contributed by atoms with E-state index in [-0.39, 0.29) is 21.3 Å². The summed E-state index contributed by atoms with van der Waals surface area (Å²) in [6, 6.07) is 21.5. The van der Waals surface area contributed by atoms with Gasteiger partial charge in [-0.05, 0) is 60.7 Å². The Kier molecular flexibility index (Phi) is 8.22. The molecule has 5 rings (SSSR count). The molecule has 1 fully saturated rings. The standard InChI is InChI=1S/C33H30N2O6S/c1-5-21-11-13-23(14-12-21)27-26(29(37)31(38)35(27)33-34-20(3)30(42-33)32(39)40-4)28(36)24-15-16-25(19(2)17-24)41-18-22-9-7-6-8-10-22/h6-17,27,36H,5,18H2,1-4H3/b28-26+. The molecule has 9 heteroatoms. The van der Waals surface area contributed by atoms with Crippen molar-refractivity contribution in [1.29, 1.82) is 0 Å². The summed E-state index contributed by atoms with van der Waals surface area (Å²) >= 11 is 0.965. The largest absolute Gasteiger partial charge is 0.507 e. The number of aliphatic hydroxyl groups is 1. The van der Waals surface area contributed by atoms with Crippen molar-refractivity contribution < 1.29 is 29.0 Å². The Hall–Kier alpha value is -4.76. The van der Waals surface area contributed by atoms with Crippen LogP contribution in [-0.2, 0) is 27.4 Å². The first-order chi connectivity index (χ1) is 20.2. The van der Waals surface area contributed by atoms with Gasteiger partial charge in [-0.25, -0.2) is 9.78 Å². The Morgan fingerprint density at radius 2 is 1.71 bits per heavy atom. The molecule has 0 saturated carbocycles. The molecule has 2 heterocycles. The van der Waals surface area contributed by atoms with Crippen molar-refractivity contribution in [1.82, 2.24) is 4.98 Å². The summed E-state index contributed by atoms with van der Waals surface area (Å²) in [6.45, 7) is 5.90. The van der Waals surface area contributed by atoms with E-state index in [2.05, 4.69) is 4.98 Å². The van der Waals surface area contributed by atoms with E-state index in [1.165, 1.54) is 12.0 Å². The Morgan fingerprint density at radius 1 is 1.00 bits per heavy atom. The molecule has 1 N–H and O–H groups in total. The summed E-state index contributed by atoms with van der Waals surface area (Å²) in [5.41, 5.74) is 4.17. The molecule has 1 aliphatic rings. The monoisotopic (exact) mass is 582 g/mol. The van der Waals surface area contributed by atoms with E-state index in [0.29, 0.717) is 29.2 Å². The van der Waals surface area contributed by atoms with E-state index >= 15 is 0 Å². The zero-order valence-corrected chi connectivity index (χ0v) is 24.5. The lowest BCUT2D eigenvalue weighted by Gasteiger charge is -2.23. The second-order valence-electron chi connectivity index (χ2n) is 9.92. The van der Waals surface area contributed by atoms with E-state index in [4.69, 9.17) is 9.47 Å². The molecule has 0 radical (unpaired) electrons. The van der Waals surface area contributed by atoms with Crippen LogP contribution in [-0.4, -0.2) is 34.9 Å². The van der Waals surface area contributed by atoms with Gasteiger partial charge in [-0.3, -0.25) is 14.5 Å². The van der Waals surface area contributed by atoms with Crippen molar-refractivity contribution in [2.45, 2.75) is 39.8 Å². The minimum absolute atomic E-state index is 0.0610. The molecule has 1 unspecified atom stereocenters. The molecular formula is C33H30N2O6S. The highest BCUT2D eigenvalue weighted by Crippen LogP contribution is 2.44. The molecule has 1 aromatic heterocycles. The fourth-order valence-electron chi connectivity index (χ4n) is 4.90. The maximum Gasteiger partial charge on any atom is 0.350 e. The third-order valence-corrected chi connectivity index (χ3v) is 8.33. The molecule has 3 aromatic carbocycles. The number of carbonyl (C=O) groups excluding carboxylic acids is 3. The average molecular weight is 583 g/mol. The van der Waals surface area contributed by atoms with Crippen LogP contribution in [0.25, 0.3) is 5.76 Å². The van der Waals surface area contributed by atoms with Crippen molar-refractivity contribution in [2.75, 3.05) is 12.0 Å². The highest BCUT2D eigenvalue weighted by molar-refractivity contribution is 7.17. The molecule has 0 bridgehead atoms. The quantitative estimate of drug-likeness (QED) is 0.112. The normalized spacial score (nSPS) is 16.1. The average Bonchev–Trinajstić information content (AvgIpc) is 3.52. The van der Waals surface area contributed by atoms with Gasteiger partial charge in [-0.15, -0.1) is 0 Å². The number of aliphatic hydroxyl groups excluding tert-OH is 1. The topological polar surface area (TPSA) is 106 Å². The van der Waals surface area contributed by atoms with Crippen LogP contribution in [0.1, 0.15) is 56.1 Å². The molecule has 0 spiro atoms. The van der Waals surface area contributed by atoms with Crippen LogP contribution < -0.4 is 9.64 Å². The maximum absolute atomic E-state index is 13.6. The summed E-state index contributed by atoms with van der Waals surface area (Å²) in [5, 5.41) is 11.7.